The maximum Gasteiger partial charge on any atom is 0.180 e. The predicted octanol–water partition coefficient (Wildman–Crippen LogP) is 25.2. The molecule has 12 heteroatoms. The van der Waals surface area contributed by atoms with Crippen LogP contribution in [0.2, 0.25) is 0 Å². The number of anilines is 6. The first-order chi connectivity index (χ1) is 52.5. The molecule has 0 fully saturated rings. The van der Waals surface area contributed by atoms with Crippen molar-refractivity contribution < 1.29 is 0 Å². The van der Waals surface area contributed by atoms with Gasteiger partial charge in [0.25, 0.3) is 0 Å². The van der Waals surface area contributed by atoms with Crippen LogP contribution in [0.25, 0.3) is 119 Å². The second-order valence-electron chi connectivity index (χ2n) is 27.3. The summed E-state index contributed by atoms with van der Waals surface area (Å²) >= 11 is 7.42. The molecule has 0 N–H and O–H groups in total. The van der Waals surface area contributed by atoms with Crippen molar-refractivity contribution in [2.75, 3.05) is 9.80 Å². The Kier molecular flexibility index (Phi) is 13.7. The van der Waals surface area contributed by atoms with Gasteiger partial charge in [0, 0.05) is 60.3 Å². The zero-order valence-corrected chi connectivity index (χ0v) is 59.8. The molecule has 4 aliphatic rings. The quantitative estimate of drug-likeness (QED) is 0.156. The monoisotopic (exact) mass is 1420 g/mol. The molecular weight excluding hydrogens is 1370 g/mol. The Morgan fingerprint density at radius 2 is 0.547 bits per heavy atom. The van der Waals surface area contributed by atoms with Gasteiger partial charge in [-0.15, -0.1) is 45.3 Å². The first kappa shape index (κ1) is 60.9. The van der Waals surface area contributed by atoms with E-state index >= 15 is 0 Å². The number of aromatic nitrogens is 6. The van der Waals surface area contributed by atoms with Crippen LogP contribution in [-0.4, -0.2) is 29.9 Å². The molecule has 496 valence electrons. The molecule has 2 aliphatic heterocycles. The number of benzene rings is 11. The van der Waals surface area contributed by atoms with Gasteiger partial charge in [0.05, 0.1) is 50.7 Å². The van der Waals surface area contributed by atoms with Gasteiger partial charge in [-0.1, -0.05) is 182 Å². The van der Waals surface area contributed by atoms with Gasteiger partial charge < -0.3 is 4.90 Å². The van der Waals surface area contributed by atoms with Gasteiger partial charge in [-0.2, -0.15) is 0 Å². The van der Waals surface area contributed by atoms with Crippen LogP contribution in [0.5, 0.6) is 0 Å². The van der Waals surface area contributed by atoms with E-state index in [1.165, 1.54) is 118 Å². The first-order valence-corrected chi connectivity index (χ1v) is 38.9. The highest BCUT2D eigenvalue weighted by atomic mass is 32.1. The maximum atomic E-state index is 5.35. The Bertz CT molecular complexity index is 6370. The van der Waals surface area contributed by atoms with Crippen LogP contribution in [0.15, 0.2) is 337 Å². The molecule has 19 aromatic rings. The summed E-state index contributed by atoms with van der Waals surface area (Å²) in [5.41, 5.74) is 22.5. The lowest BCUT2D eigenvalue weighted by Crippen LogP contribution is -2.36. The van der Waals surface area contributed by atoms with E-state index in [9.17, 15) is 0 Å². The van der Waals surface area contributed by atoms with Crippen LogP contribution in [-0.2, 0) is 10.8 Å². The van der Waals surface area contributed by atoms with Crippen LogP contribution < -0.4 is 9.80 Å². The van der Waals surface area contributed by atoms with E-state index in [0.29, 0.717) is 11.6 Å². The van der Waals surface area contributed by atoms with Crippen LogP contribution >= 0.6 is 45.3 Å². The van der Waals surface area contributed by atoms with Crippen molar-refractivity contribution in [3.05, 3.63) is 382 Å². The highest BCUT2D eigenvalue weighted by molar-refractivity contribution is 7.21. The van der Waals surface area contributed by atoms with Crippen molar-refractivity contribution in [2.45, 2.75) is 10.8 Å². The Morgan fingerprint density at radius 3 is 0.906 bits per heavy atom. The van der Waals surface area contributed by atoms with Gasteiger partial charge in [-0.3, -0.25) is 14.9 Å². The summed E-state index contributed by atoms with van der Waals surface area (Å²) in [5.74, 6) is 2.00. The van der Waals surface area contributed by atoms with Gasteiger partial charge >= 0.3 is 0 Å². The van der Waals surface area contributed by atoms with E-state index in [1.807, 2.05) is 106 Å². The third-order valence-corrected chi connectivity index (χ3v) is 25.7. The number of fused-ring (bicyclic) bond motifs is 22. The normalized spacial score (nSPS) is 13.6. The number of hydrogen-bond acceptors (Lipinski definition) is 12. The highest BCUT2D eigenvalue weighted by Gasteiger charge is 2.55. The van der Waals surface area contributed by atoms with Gasteiger partial charge in [-0.25, -0.2) is 19.9 Å². The third kappa shape index (κ3) is 9.15. The molecule has 0 radical (unpaired) electrons. The minimum atomic E-state index is -0.487. The molecule has 2 aliphatic carbocycles. The van der Waals surface area contributed by atoms with Gasteiger partial charge in [0.2, 0.25) is 0 Å². The number of hydrogen-bond donors (Lipinski definition) is 0. The average Bonchev–Trinajstić information content (AvgIpc) is 1.47. The summed E-state index contributed by atoms with van der Waals surface area (Å²) < 4.78 is 0. The average molecular weight is 1430 g/mol. The van der Waals surface area contributed by atoms with E-state index < -0.39 is 10.8 Å². The first-order valence-electron chi connectivity index (χ1n) is 35.4. The van der Waals surface area contributed by atoms with Crippen molar-refractivity contribution in [1.29, 1.82) is 0 Å². The Balaban J connectivity index is 0.000000133. The Morgan fingerprint density at radius 1 is 0.236 bits per heavy atom. The number of nitrogens with zero attached hydrogens (tertiary/aromatic N) is 8. The van der Waals surface area contributed by atoms with Gasteiger partial charge in [-0.05, 0) is 224 Å². The van der Waals surface area contributed by atoms with Crippen LogP contribution in [0.1, 0.15) is 44.5 Å². The summed E-state index contributed by atoms with van der Waals surface area (Å²) in [6.45, 7) is 0. The van der Waals surface area contributed by atoms with Crippen LogP contribution in [0.3, 0.4) is 0 Å². The SMILES string of the molecule is c1ccc(-c2cc(-c3ccc(N4c5cc6ccccc6cc5C5(c6cc7ccccc7cc64)c4ccsc4-c4sccc45)cc3)nc(-c3ccccn3)n2)cc1.c1ccc(-c2cc(N3c4cc5ccccc5cc4C4(c5cc6ccccc6cc53)c3ccsc3-c3sccc34)nc(-c3ccccn3)n2)cc1. The minimum absolute atomic E-state index is 0.448. The third-order valence-electron chi connectivity index (χ3n) is 21.7. The van der Waals surface area contributed by atoms with Crippen LogP contribution in [0.4, 0.5) is 34.3 Å². The molecule has 0 saturated carbocycles. The summed E-state index contributed by atoms with van der Waals surface area (Å²) in [7, 11) is 0. The maximum absolute atomic E-state index is 5.35. The number of rotatable bonds is 7. The molecule has 0 saturated heterocycles. The fraction of sp³-hybridized carbons (Fsp3) is 0.0213. The van der Waals surface area contributed by atoms with E-state index in [1.54, 1.807) is 12.4 Å². The lowest BCUT2D eigenvalue weighted by Gasteiger charge is -2.45. The topological polar surface area (TPSA) is 83.8 Å². The lowest BCUT2D eigenvalue weighted by atomic mass is 9.64. The van der Waals surface area contributed by atoms with Gasteiger partial charge in [0.1, 0.15) is 17.2 Å². The molecule has 23 rings (SSSR count). The van der Waals surface area contributed by atoms with E-state index in [0.717, 1.165) is 68.0 Å². The molecule has 106 heavy (non-hydrogen) atoms. The fourth-order valence-corrected chi connectivity index (χ4v) is 21.4. The Hall–Kier alpha value is -12.7. The molecular formula is C94H56N8S4. The molecule has 8 aromatic heterocycles. The summed E-state index contributed by atoms with van der Waals surface area (Å²) in [4.78, 5) is 40.2. The van der Waals surface area contributed by atoms with Crippen molar-refractivity contribution >= 4 is 123 Å². The fourth-order valence-electron chi connectivity index (χ4n) is 17.2. The lowest BCUT2D eigenvalue weighted by molar-refractivity contribution is 0.758. The second kappa shape index (κ2) is 23.9. The smallest absolute Gasteiger partial charge is 0.180 e. The molecule has 8 nitrogen and oxygen atoms in total. The second-order valence-corrected chi connectivity index (χ2v) is 31.0. The molecule has 10 heterocycles. The number of thiophene rings is 4. The zero-order chi connectivity index (χ0) is 69.6. The summed E-state index contributed by atoms with van der Waals surface area (Å²) in [6, 6.07) is 109. The Labute approximate surface area is 626 Å². The van der Waals surface area contributed by atoms with E-state index in [-0.39, 0.29) is 0 Å². The molecule has 0 amide bonds. The van der Waals surface area contributed by atoms with Gasteiger partial charge in [0.15, 0.2) is 11.6 Å². The standard InChI is InChI=1S/C50H30N4S2.C44H26N4S2/c1-2-10-31(11-3-1)43-30-44(53-49(52-43)42-16-8-9-23-51-42)32-17-19-37(20-18-32)54-45-28-35-14-6-4-12-33(35)26-40(45)50(38-21-24-55-47(38)48-39(50)22-25-56-48)41-27-34-13-5-7-15-36(34)29-46(41)54;1-2-10-27(11-3-1)37-26-40(47-43(46-37)36-16-8-9-19-45-36)48-38-24-30-14-6-4-12-28(30)22-34(38)44(32-17-20-49-41(32)42-33(44)18-21-50-42)35-23-29-13-5-7-15-31(29)25-39(35)48/h1-30H;1-26H. The molecule has 11 aromatic carbocycles. The van der Waals surface area contributed by atoms with Crippen molar-refractivity contribution in [2.24, 2.45) is 0 Å². The van der Waals surface area contributed by atoms with Crippen molar-refractivity contribution in [1.82, 2.24) is 29.9 Å². The zero-order valence-electron chi connectivity index (χ0n) is 56.5. The van der Waals surface area contributed by atoms with Crippen LogP contribution in [0, 0.1) is 0 Å². The van der Waals surface area contributed by atoms with E-state index in [2.05, 4.69) is 279 Å². The summed E-state index contributed by atoms with van der Waals surface area (Å²) in [6.07, 6.45) is 3.59. The van der Waals surface area contributed by atoms with Crippen molar-refractivity contribution in [3.8, 4) is 76.3 Å². The molecule has 2 spiro atoms. The minimum Gasteiger partial charge on any atom is -0.310 e. The molecule has 0 atom stereocenters. The number of pyridine rings is 2. The van der Waals surface area contributed by atoms with Crippen molar-refractivity contribution in [3.63, 3.8) is 0 Å². The highest BCUT2D eigenvalue weighted by Crippen LogP contribution is 2.68. The van der Waals surface area contributed by atoms with E-state index in [4.69, 9.17) is 24.9 Å². The molecule has 0 unspecified atom stereocenters. The molecule has 0 bridgehead atoms. The largest absolute Gasteiger partial charge is 0.310 e. The summed E-state index contributed by atoms with van der Waals surface area (Å²) in [5, 5.41) is 18.8. The predicted molar refractivity (Wildman–Crippen MR) is 439 cm³/mol.